The van der Waals surface area contributed by atoms with Crippen LogP contribution < -0.4 is 0 Å². The molecule has 5 heteroatoms. The predicted octanol–water partition coefficient (Wildman–Crippen LogP) is 2.58. The molecule has 0 amide bonds. The van der Waals surface area contributed by atoms with Gasteiger partial charge >= 0.3 is 0 Å². The Bertz CT molecular complexity index is 430. The fourth-order valence-corrected chi connectivity index (χ4v) is 2.67. The third-order valence-corrected chi connectivity index (χ3v) is 3.85. The Balaban J connectivity index is 2.14. The van der Waals surface area contributed by atoms with Crippen molar-refractivity contribution < 1.29 is 9.47 Å². The van der Waals surface area contributed by atoms with Crippen LogP contribution in [0, 0.1) is 0 Å². The van der Waals surface area contributed by atoms with Crippen molar-refractivity contribution in [3.8, 4) is 0 Å². The zero-order valence-electron chi connectivity index (χ0n) is 8.63. The third-order valence-electron chi connectivity index (χ3n) is 3.18. The molecule has 2 aliphatic heterocycles. The van der Waals surface area contributed by atoms with E-state index < -0.39 is 0 Å². The first-order chi connectivity index (χ1) is 7.71. The van der Waals surface area contributed by atoms with Crippen LogP contribution >= 0.6 is 23.2 Å². The highest BCUT2D eigenvalue weighted by Crippen LogP contribution is 2.40. The van der Waals surface area contributed by atoms with Crippen LogP contribution in [0.2, 0.25) is 10.2 Å². The van der Waals surface area contributed by atoms with Gasteiger partial charge < -0.3 is 9.47 Å². The molecule has 1 spiro atoms. The number of rotatable bonds is 0. The minimum absolute atomic E-state index is 0.345. The van der Waals surface area contributed by atoms with Crippen molar-refractivity contribution in [2.75, 3.05) is 19.8 Å². The number of hydrogen-bond acceptors (Lipinski definition) is 3. The van der Waals surface area contributed by atoms with Crippen molar-refractivity contribution in [1.29, 1.82) is 0 Å². The maximum atomic E-state index is 5.97. The number of ether oxygens (including phenoxy) is 2. The van der Waals surface area contributed by atoms with Crippen LogP contribution in [0.1, 0.15) is 17.7 Å². The van der Waals surface area contributed by atoms with Gasteiger partial charge in [0.25, 0.3) is 0 Å². The lowest BCUT2D eigenvalue weighted by Crippen LogP contribution is -2.37. The summed E-state index contributed by atoms with van der Waals surface area (Å²) in [5.74, 6) is 0. The monoisotopic (exact) mass is 259 g/mol. The second-order valence-corrected chi connectivity index (χ2v) is 4.93. The van der Waals surface area contributed by atoms with E-state index in [0.717, 1.165) is 24.1 Å². The van der Waals surface area contributed by atoms with Crippen molar-refractivity contribution in [3.63, 3.8) is 0 Å². The standard InChI is InChI=1S/C11H11Cl2NO2/c12-8-5-7-1-3-16-11(2-4-15-6-11)9(7)14-10(8)13/h5H,1-4,6H2. The van der Waals surface area contributed by atoms with Gasteiger partial charge in [0.2, 0.25) is 0 Å². The lowest BCUT2D eigenvalue weighted by atomic mass is 9.90. The highest BCUT2D eigenvalue weighted by Gasteiger charge is 2.43. The van der Waals surface area contributed by atoms with E-state index >= 15 is 0 Å². The van der Waals surface area contributed by atoms with E-state index in [1.54, 1.807) is 0 Å². The predicted molar refractivity (Wildman–Crippen MR) is 61.0 cm³/mol. The average molecular weight is 260 g/mol. The van der Waals surface area contributed by atoms with Gasteiger partial charge in [0.05, 0.1) is 23.9 Å². The van der Waals surface area contributed by atoms with E-state index in [4.69, 9.17) is 32.7 Å². The molecular weight excluding hydrogens is 249 g/mol. The number of aromatic nitrogens is 1. The molecule has 1 saturated heterocycles. The molecular formula is C11H11Cl2NO2. The fraction of sp³-hybridized carbons (Fsp3) is 0.545. The SMILES string of the molecule is Clc1cc2c(nc1Cl)C1(CCOC1)OCC2. The van der Waals surface area contributed by atoms with Crippen LogP contribution in [0.15, 0.2) is 6.07 Å². The summed E-state index contributed by atoms with van der Waals surface area (Å²) in [5, 5.41) is 0.855. The molecule has 1 unspecified atom stereocenters. The molecule has 2 aliphatic rings. The smallest absolute Gasteiger partial charge is 0.148 e. The Morgan fingerprint density at radius 1 is 1.31 bits per heavy atom. The van der Waals surface area contributed by atoms with Crippen molar-refractivity contribution in [2.45, 2.75) is 18.4 Å². The molecule has 0 aromatic carbocycles. The molecule has 1 aromatic heterocycles. The summed E-state index contributed by atoms with van der Waals surface area (Å²) >= 11 is 11.9. The first-order valence-corrected chi connectivity index (χ1v) is 6.04. The third kappa shape index (κ3) is 1.54. The zero-order valence-corrected chi connectivity index (χ0v) is 10.1. The van der Waals surface area contributed by atoms with Crippen molar-refractivity contribution >= 4 is 23.2 Å². The Morgan fingerprint density at radius 3 is 2.94 bits per heavy atom. The second kappa shape index (κ2) is 3.84. The van der Waals surface area contributed by atoms with Gasteiger partial charge in [-0.05, 0) is 18.1 Å². The van der Waals surface area contributed by atoms with E-state index in [-0.39, 0.29) is 5.60 Å². The van der Waals surface area contributed by atoms with E-state index in [1.807, 2.05) is 6.07 Å². The largest absolute Gasteiger partial charge is 0.378 e. The summed E-state index contributed by atoms with van der Waals surface area (Å²) in [6, 6.07) is 1.90. The molecule has 3 nitrogen and oxygen atoms in total. The minimum atomic E-state index is -0.387. The van der Waals surface area contributed by atoms with Gasteiger partial charge in [-0.15, -0.1) is 0 Å². The molecule has 0 N–H and O–H groups in total. The van der Waals surface area contributed by atoms with Crippen LogP contribution in [0.3, 0.4) is 0 Å². The molecule has 1 atom stereocenters. The highest BCUT2D eigenvalue weighted by atomic mass is 35.5. The van der Waals surface area contributed by atoms with Gasteiger partial charge in [0, 0.05) is 13.0 Å². The average Bonchev–Trinajstić information content (AvgIpc) is 2.71. The Morgan fingerprint density at radius 2 is 2.19 bits per heavy atom. The minimum Gasteiger partial charge on any atom is -0.378 e. The highest BCUT2D eigenvalue weighted by molar-refractivity contribution is 6.41. The molecule has 1 aromatic rings. The van der Waals surface area contributed by atoms with E-state index in [1.165, 1.54) is 0 Å². The Kier molecular flexibility index (Phi) is 2.59. The number of fused-ring (bicyclic) bond motifs is 2. The topological polar surface area (TPSA) is 31.4 Å². The first-order valence-electron chi connectivity index (χ1n) is 5.28. The molecule has 0 bridgehead atoms. The quantitative estimate of drug-likeness (QED) is 0.672. The number of pyridine rings is 1. The van der Waals surface area contributed by atoms with E-state index in [2.05, 4.69) is 4.98 Å². The molecule has 0 aliphatic carbocycles. The maximum Gasteiger partial charge on any atom is 0.148 e. The summed E-state index contributed by atoms with van der Waals surface area (Å²) in [4.78, 5) is 4.38. The summed E-state index contributed by atoms with van der Waals surface area (Å²) < 4.78 is 11.3. The zero-order chi connectivity index (χ0) is 11.2. The number of hydrogen-bond donors (Lipinski definition) is 0. The van der Waals surface area contributed by atoms with E-state index in [9.17, 15) is 0 Å². The van der Waals surface area contributed by atoms with Crippen LogP contribution in [-0.2, 0) is 21.5 Å². The van der Waals surface area contributed by atoms with Crippen molar-refractivity contribution in [2.24, 2.45) is 0 Å². The van der Waals surface area contributed by atoms with Crippen molar-refractivity contribution in [3.05, 3.63) is 27.5 Å². The number of nitrogens with zero attached hydrogens (tertiary/aromatic N) is 1. The molecule has 3 heterocycles. The maximum absolute atomic E-state index is 5.97. The van der Waals surface area contributed by atoms with Crippen LogP contribution in [0.4, 0.5) is 0 Å². The summed E-state index contributed by atoms with van der Waals surface area (Å²) in [6.07, 6.45) is 1.67. The van der Waals surface area contributed by atoms with Gasteiger partial charge in [-0.3, -0.25) is 0 Å². The molecule has 16 heavy (non-hydrogen) atoms. The molecule has 1 fully saturated rings. The van der Waals surface area contributed by atoms with E-state index in [0.29, 0.717) is 30.0 Å². The van der Waals surface area contributed by atoms with Gasteiger partial charge in [0.15, 0.2) is 0 Å². The van der Waals surface area contributed by atoms with Crippen molar-refractivity contribution in [1.82, 2.24) is 4.98 Å². The lowest BCUT2D eigenvalue weighted by molar-refractivity contribution is -0.0665. The normalized spacial score (nSPS) is 28.4. The summed E-state index contributed by atoms with van der Waals surface area (Å²) in [7, 11) is 0. The Hall–Kier alpha value is -0.350. The molecule has 3 rings (SSSR count). The van der Waals surface area contributed by atoms with Crippen LogP contribution in [0.25, 0.3) is 0 Å². The first kappa shape index (κ1) is 10.8. The second-order valence-electron chi connectivity index (χ2n) is 4.16. The number of halogens is 2. The van der Waals surface area contributed by atoms with Gasteiger partial charge in [0.1, 0.15) is 10.8 Å². The molecule has 86 valence electrons. The van der Waals surface area contributed by atoms with Crippen LogP contribution in [-0.4, -0.2) is 24.8 Å². The molecule has 0 saturated carbocycles. The van der Waals surface area contributed by atoms with Crippen LogP contribution in [0.5, 0.6) is 0 Å². The summed E-state index contributed by atoms with van der Waals surface area (Å²) in [5.41, 5.74) is 1.65. The Labute approximate surface area is 104 Å². The summed E-state index contributed by atoms with van der Waals surface area (Å²) in [6.45, 7) is 1.96. The van der Waals surface area contributed by atoms with Gasteiger partial charge in [-0.25, -0.2) is 4.98 Å². The van der Waals surface area contributed by atoms with Gasteiger partial charge in [-0.2, -0.15) is 0 Å². The van der Waals surface area contributed by atoms with Gasteiger partial charge in [-0.1, -0.05) is 23.2 Å². The lowest BCUT2D eigenvalue weighted by Gasteiger charge is -2.33. The fourth-order valence-electron chi connectivity index (χ4n) is 2.36. The molecule has 0 radical (unpaired) electrons.